The van der Waals surface area contributed by atoms with Crippen LogP contribution in [0.3, 0.4) is 0 Å². The van der Waals surface area contributed by atoms with Crippen molar-refractivity contribution >= 4 is 5.97 Å². The summed E-state index contributed by atoms with van der Waals surface area (Å²) in [6, 6.07) is 11.5. The fourth-order valence-electron chi connectivity index (χ4n) is 1.83. The number of hydrogen-bond acceptors (Lipinski definition) is 3. The molecule has 0 fully saturated rings. The number of hydrogen-bond donors (Lipinski definition) is 3. The van der Waals surface area contributed by atoms with Crippen LogP contribution in [0, 0.1) is 23.7 Å². The van der Waals surface area contributed by atoms with Gasteiger partial charge in [-0.1, -0.05) is 29.7 Å². The van der Waals surface area contributed by atoms with Crippen molar-refractivity contribution in [3.8, 4) is 29.4 Å². The Hall–Kier alpha value is -3.21. The zero-order valence-corrected chi connectivity index (χ0v) is 12.2. The van der Waals surface area contributed by atoms with Gasteiger partial charge in [0.15, 0.2) is 0 Å². The lowest BCUT2D eigenvalue weighted by atomic mass is 10.1. The van der Waals surface area contributed by atoms with Gasteiger partial charge in [-0.3, -0.25) is 0 Å². The highest BCUT2D eigenvalue weighted by Crippen LogP contribution is 2.18. The Morgan fingerprint density at radius 3 is 2.22 bits per heavy atom. The number of rotatable bonds is 2. The topological polar surface area (TPSA) is 77.8 Å². The van der Waals surface area contributed by atoms with Gasteiger partial charge in [-0.05, 0) is 36.4 Å². The first-order valence-electron chi connectivity index (χ1n) is 6.88. The average Bonchev–Trinajstić information content (AvgIpc) is 2.53. The van der Waals surface area contributed by atoms with Gasteiger partial charge < -0.3 is 15.3 Å². The van der Waals surface area contributed by atoms with Crippen LogP contribution in [-0.2, 0) is 0 Å². The Labute approximate surface area is 134 Å². The van der Waals surface area contributed by atoms with Crippen LogP contribution in [-0.4, -0.2) is 27.9 Å². The van der Waals surface area contributed by atoms with Crippen LogP contribution in [0.1, 0.15) is 33.5 Å². The number of carboxylic acids is 1. The summed E-state index contributed by atoms with van der Waals surface area (Å²) in [7, 11) is 0. The SMILES string of the molecule is O=C(O)c1ccc(C#Cc2cccc(C#CCCO)c2)cc1O. The molecule has 2 aromatic carbocycles. The van der Waals surface area contributed by atoms with Crippen LogP contribution in [0.15, 0.2) is 42.5 Å². The molecule has 4 nitrogen and oxygen atoms in total. The summed E-state index contributed by atoms with van der Waals surface area (Å²) in [5.74, 6) is 10.1. The quantitative estimate of drug-likeness (QED) is 0.744. The molecular weight excluding hydrogens is 292 g/mol. The van der Waals surface area contributed by atoms with Gasteiger partial charge in [0.05, 0.1) is 6.61 Å². The van der Waals surface area contributed by atoms with Crippen molar-refractivity contribution in [3.05, 3.63) is 64.7 Å². The summed E-state index contributed by atoms with van der Waals surface area (Å²) in [5.41, 5.74) is 1.91. The lowest BCUT2D eigenvalue weighted by Gasteiger charge is -1.99. The largest absolute Gasteiger partial charge is 0.507 e. The molecule has 114 valence electrons. The highest BCUT2D eigenvalue weighted by molar-refractivity contribution is 5.90. The van der Waals surface area contributed by atoms with Crippen LogP contribution < -0.4 is 0 Å². The molecule has 4 heteroatoms. The summed E-state index contributed by atoms with van der Waals surface area (Å²) < 4.78 is 0. The van der Waals surface area contributed by atoms with E-state index in [-0.39, 0.29) is 17.9 Å². The lowest BCUT2D eigenvalue weighted by Crippen LogP contribution is -1.96. The van der Waals surface area contributed by atoms with Gasteiger partial charge in [0.25, 0.3) is 0 Å². The Kier molecular flexibility index (Phi) is 5.41. The number of aromatic hydroxyl groups is 1. The molecule has 3 N–H and O–H groups in total. The van der Waals surface area contributed by atoms with Gasteiger partial charge in [-0.15, -0.1) is 0 Å². The number of benzene rings is 2. The summed E-state index contributed by atoms with van der Waals surface area (Å²) in [5, 5.41) is 27.2. The monoisotopic (exact) mass is 306 g/mol. The van der Waals surface area contributed by atoms with Gasteiger partial charge in [0.2, 0.25) is 0 Å². The van der Waals surface area contributed by atoms with E-state index in [4.69, 9.17) is 10.2 Å². The van der Waals surface area contributed by atoms with Crippen LogP contribution in [0.5, 0.6) is 5.75 Å². The van der Waals surface area contributed by atoms with Gasteiger partial charge in [-0.2, -0.15) is 0 Å². The molecule has 0 aromatic heterocycles. The first-order valence-corrected chi connectivity index (χ1v) is 6.88. The number of aromatic carboxylic acids is 1. The fraction of sp³-hybridized carbons (Fsp3) is 0.105. The standard InChI is InChI=1S/C19H14O4/c20-11-2-1-4-14-5-3-6-15(12-14)7-8-16-9-10-17(19(22)23)18(21)13-16/h3,5-6,9-10,12-13,20-21H,2,11H2,(H,22,23). The predicted octanol–water partition coefficient (Wildman–Crippen LogP) is 2.22. The number of aliphatic hydroxyl groups is 1. The van der Waals surface area contributed by atoms with Crippen molar-refractivity contribution in [2.24, 2.45) is 0 Å². The van der Waals surface area contributed by atoms with Crippen molar-refractivity contribution in [1.29, 1.82) is 0 Å². The minimum Gasteiger partial charge on any atom is -0.507 e. The molecule has 0 atom stereocenters. The Bertz CT molecular complexity index is 845. The smallest absolute Gasteiger partial charge is 0.339 e. The molecule has 0 aliphatic heterocycles. The number of carbonyl (C=O) groups is 1. The molecule has 0 bridgehead atoms. The first kappa shape index (κ1) is 16.2. The summed E-state index contributed by atoms with van der Waals surface area (Å²) in [4.78, 5) is 10.8. The third-order valence-electron chi connectivity index (χ3n) is 2.91. The number of carboxylic acid groups (broad SMARTS) is 1. The first-order chi connectivity index (χ1) is 11.1. The maximum atomic E-state index is 10.8. The maximum absolute atomic E-state index is 10.8. The minimum absolute atomic E-state index is 0.0301. The summed E-state index contributed by atoms with van der Waals surface area (Å²) >= 11 is 0. The van der Waals surface area contributed by atoms with E-state index in [1.807, 2.05) is 24.3 Å². The number of aliphatic hydroxyl groups excluding tert-OH is 1. The van der Waals surface area contributed by atoms with Gasteiger partial charge in [-0.25, -0.2) is 4.79 Å². The zero-order chi connectivity index (χ0) is 16.7. The highest BCUT2D eigenvalue weighted by Gasteiger charge is 2.08. The number of phenols is 1. The molecule has 0 saturated heterocycles. The second-order valence-corrected chi connectivity index (χ2v) is 4.64. The minimum atomic E-state index is -1.18. The molecule has 0 amide bonds. The van der Waals surface area contributed by atoms with Crippen molar-refractivity contribution in [3.63, 3.8) is 0 Å². The second kappa shape index (κ2) is 7.70. The Morgan fingerprint density at radius 1 is 0.957 bits per heavy atom. The third kappa shape index (κ3) is 4.64. The van der Waals surface area contributed by atoms with Crippen LogP contribution in [0.2, 0.25) is 0 Å². The van der Waals surface area contributed by atoms with E-state index >= 15 is 0 Å². The highest BCUT2D eigenvalue weighted by atomic mass is 16.4. The zero-order valence-electron chi connectivity index (χ0n) is 12.2. The fourth-order valence-corrected chi connectivity index (χ4v) is 1.83. The normalized spacial score (nSPS) is 9.26. The van der Waals surface area contributed by atoms with Crippen molar-refractivity contribution < 1.29 is 20.1 Å². The van der Waals surface area contributed by atoms with E-state index in [1.54, 1.807) is 6.07 Å². The molecule has 0 spiro atoms. The second-order valence-electron chi connectivity index (χ2n) is 4.64. The lowest BCUT2D eigenvalue weighted by molar-refractivity contribution is 0.0693. The van der Waals surface area contributed by atoms with Crippen LogP contribution in [0.4, 0.5) is 0 Å². The van der Waals surface area contributed by atoms with Crippen molar-refractivity contribution in [2.75, 3.05) is 6.61 Å². The molecule has 2 aromatic rings. The molecule has 0 aliphatic carbocycles. The van der Waals surface area contributed by atoms with E-state index in [0.717, 1.165) is 11.1 Å². The van der Waals surface area contributed by atoms with E-state index in [9.17, 15) is 9.90 Å². The molecule has 0 saturated carbocycles. The van der Waals surface area contributed by atoms with Gasteiger partial charge >= 0.3 is 5.97 Å². The van der Waals surface area contributed by atoms with Crippen LogP contribution in [0.25, 0.3) is 0 Å². The van der Waals surface area contributed by atoms with Crippen LogP contribution >= 0.6 is 0 Å². The van der Waals surface area contributed by atoms with Crippen molar-refractivity contribution in [2.45, 2.75) is 6.42 Å². The molecule has 0 radical (unpaired) electrons. The third-order valence-corrected chi connectivity index (χ3v) is 2.91. The molecule has 0 heterocycles. The maximum Gasteiger partial charge on any atom is 0.339 e. The van der Waals surface area contributed by atoms with Crippen molar-refractivity contribution in [1.82, 2.24) is 0 Å². The van der Waals surface area contributed by atoms with Gasteiger partial charge in [0.1, 0.15) is 11.3 Å². The van der Waals surface area contributed by atoms with E-state index in [1.165, 1.54) is 12.1 Å². The molecule has 23 heavy (non-hydrogen) atoms. The molecular formula is C19H14O4. The van der Waals surface area contributed by atoms with Gasteiger partial charge in [0, 0.05) is 23.1 Å². The Morgan fingerprint density at radius 2 is 1.61 bits per heavy atom. The molecule has 2 rings (SSSR count). The summed E-state index contributed by atoms with van der Waals surface area (Å²) in [6.07, 6.45) is 0.422. The average molecular weight is 306 g/mol. The van der Waals surface area contributed by atoms with E-state index in [0.29, 0.717) is 12.0 Å². The Balaban J connectivity index is 2.22. The predicted molar refractivity (Wildman–Crippen MR) is 86.1 cm³/mol. The molecule has 0 unspecified atom stereocenters. The van der Waals surface area contributed by atoms with E-state index in [2.05, 4.69) is 23.7 Å². The van der Waals surface area contributed by atoms with E-state index < -0.39 is 5.97 Å². The molecule has 0 aliphatic rings. The summed E-state index contributed by atoms with van der Waals surface area (Å²) in [6.45, 7) is 0.0301.